The van der Waals surface area contributed by atoms with Crippen LogP contribution in [0.2, 0.25) is 0 Å². The summed E-state index contributed by atoms with van der Waals surface area (Å²) in [7, 11) is 0. The highest BCUT2D eigenvalue weighted by Crippen LogP contribution is 2.17. The summed E-state index contributed by atoms with van der Waals surface area (Å²) in [4.78, 5) is 27.4. The maximum Gasteiger partial charge on any atom is 0.242 e. The van der Waals surface area contributed by atoms with E-state index in [9.17, 15) is 9.59 Å². The molecule has 0 radical (unpaired) electrons. The Morgan fingerprint density at radius 2 is 1.66 bits per heavy atom. The number of carbonyl (C=O) groups excluding carboxylic acids is 2. The van der Waals surface area contributed by atoms with E-state index in [0.29, 0.717) is 19.4 Å². The van der Waals surface area contributed by atoms with Gasteiger partial charge in [-0.05, 0) is 62.4 Å². The molecule has 1 atom stereocenters. The Morgan fingerprint density at radius 1 is 1.00 bits per heavy atom. The summed E-state index contributed by atoms with van der Waals surface area (Å²) in [6.45, 7) is 8.17. The fraction of sp³-hybridized carbons (Fsp3) is 0.417. The van der Waals surface area contributed by atoms with E-state index in [1.54, 1.807) is 11.8 Å². The Balaban J connectivity index is 2.13. The van der Waals surface area contributed by atoms with E-state index in [2.05, 4.69) is 52.4 Å². The van der Waals surface area contributed by atoms with Gasteiger partial charge in [0.25, 0.3) is 0 Å². The van der Waals surface area contributed by atoms with Crippen molar-refractivity contribution in [3.05, 3.63) is 69.7 Å². The molecule has 2 aromatic rings. The fourth-order valence-corrected chi connectivity index (χ4v) is 3.60. The molecule has 2 amide bonds. The van der Waals surface area contributed by atoms with Crippen molar-refractivity contribution < 1.29 is 9.59 Å². The third kappa shape index (κ3) is 7.32. The minimum absolute atomic E-state index is 0.0176. The number of hydrogen-bond acceptors (Lipinski definition) is 2. The topological polar surface area (TPSA) is 49.4 Å². The number of rotatable bonds is 9. The zero-order valence-corrected chi connectivity index (χ0v) is 19.3. The Morgan fingerprint density at radius 3 is 2.24 bits per heavy atom. The first-order chi connectivity index (χ1) is 13.8. The summed E-state index contributed by atoms with van der Waals surface area (Å²) in [6.07, 6.45) is 2.04. The molecule has 0 aliphatic carbocycles. The van der Waals surface area contributed by atoms with Crippen LogP contribution in [-0.2, 0) is 29.0 Å². The van der Waals surface area contributed by atoms with Gasteiger partial charge in [0, 0.05) is 23.5 Å². The minimum atomic E-state index is -0.536. The van der Waals surface area contributed by atoms with Crippen molar-refractivity contribution in [1.29, 1.82) is 0 Å². The lowest BCUT2D eigenvalue weighted by Crippen LogP contribution is -2.49. The van der Waals surface area contributed by atoms with E-state index in [1.807, 2.05) is 38.1 Å². The molecule has 0 heterocycles. The number of carbonyl (C=O) groups is 2. The van der Waals surface area contributed by atoms with E-state index in [0.717, 1.165) is 22.0 Å². The zero-order valence-electron chi connectivity index (χ0n) is 17.7. The lowest BCUT2D eigenvalue weighted by molar-refractivity contribution is -0.140. The van der Waals surface area contributed by atoms with Crippen molar-refractivity contribution in [2.24, 2.45) is 0 Å². The molecule has 29 heavy (non-hydrogen) atoms. The molecule has 0 aliphatic heterocycles. The molecular weight excluding hydrogens is 428 g/mol. The quantitative estimate of drug-likeness (QED) is 0.581. The van der Waals surface area contributed by atoms with Crippen molar-refractivity contribution in [3.63, 3.8) is 0 Å². The largest absolute Gasteiger partial charge is 0.352 e. The normalized spacial score (nSPS) is 11.9. The van der Waals surface area contributed by atoms with Gasteiger partial charge in [-0.15, -0.1) is 0 Å². The third-order valence-electron chi connectivity index (χ3n) is 4.90. The monoisotopic (exact) mass is 458 g/mol. The predicted octanol–water partition coefficient (Wildman–Crippen LogP) is 4.89. The van der Waals surface area contributed by atoms with Crippen LogP contribution in [0.15, 0.2) is 53.0 Å². The van der Waals surface area contributed by atoms with Crippen LogP contribution in [0, 0.1) is 0 Å². The first-order valence-electron chi connectivity index (χ1n) is 10.2. The summed E-state index contributed by atoms with van der Waals surface area (Å²) in [6, 6.07) is 15.7. The number of benzene rings is 2. The van der Waals surface area contributed by atoms with Gasteiger partial charge in [-0.1, -0.05) is 59.3 Å². The zero-order chi connectivity index (χ0) is 21.4. The average molecular weight is 459 g/mol. The van der Waals surface area contributed by atoms with Crippen molar-refractivity contribution in [2.75, 3.05) is 0 Å². The highest BCUT2D eigenvalue weighted by Gasteiger charge is 2.26. The molecule has 0 bridgehead atoms. The molecule has 2 rings (SSSR count). The molecule has 1 unspecified atom stereocenters. The van der Waals surface area contributed by atoms with Crippen LogP contribution in [0.4, 0.5) is 0 Å². The van der Waals surface area contributed by atoms with Gasteiger partial charge in [-0.25, -0.2) is 0 Å². The van der Waals surface area contributed by atoms with Crippen molar-refractivity contribution in [3.8, 4) is 0 Å². The third-order valence-corrected chi connectivity index (χ3v) is 5.39. The maximum atomic E-state index is 13.1. The molecule has 0 saturated heterocycles. The summed E-state index contributed by atoms with van der Waals surface area (Å²) in [5.74, 6) is -0.147. The van der Waals surface area contributed by atoms with Crippen LogP contribution in [-0.4, -0.2) is 28.8 Å². The Kier molecular flexibility index (Phi) is 8.90. The lowest BCUT2D eigenvalue weighted by Gasteiger charge is -2.29. The number of nitrogens with one attached hydrogen (secondary N) is 1. The van der Waals surface area contributed by atoms with Gasteiger partial charge in [-0.2, -0.15) is 0 Å². The van der Waals surface area contributed by atoms with Gasteiger partial charge in [-0.3, -0.25) is 9.59 Å². The van der Waals surface area contributed by atoms with Crippen LogP contribution in [0.3, 0.4) is 0 Å². The fourth-order valence-electron chi connectivity index (χ4n) is 3.16. The number of halogens is 1. The lowest BCUT2D eigenvalue weighted by atomic mass is 10.0. The Hall–Kier alpha value is -2.14. The summed E-state index contributed by atoms with van der Waals surface area (Å²) in [5, 5.41) is 2.92. The van der Waals surface area contributed by atoms with E-state index >= 15 is 0 Å². The molecule has 0 aliphatic rings. The van der Waals surface area contributed by atoms with Crippen LogP contribution in [0.1, 0.15) is 50.8 Å². The van der Waals surface area contributed by atoms with Crippen molar-refractivity contribution in [2.45, 2.75) is 65.6 Å². The molecule has 156 valence electrons. The molecule has 2 aromatic carbocycles. The highest BCUT2D eigenvalue weighted by atomic mass is 79.9. The molecular formula is C24H31BrN2O2. The number of amides is 2. The van der Waals surface area contributed by atoms with E-state index in [-0.39, 0.29) is 17.9 Å². The average Bonchev–Trinajstić information content (AvgIpc) is 2.69. The highest BCUT2D eigenvalue weighted by molar-refractivity contribution is 9.10. The second-order valence-electron chi connectivity index (χ2n) is 7.66. The first kappa shape index (κ1) is 23.1. The summed E-state index contributed by atoms with van der Waals surface area (Å²) < 4.78 is 0.956. The van der Waals surface area contributed by atoms with Gasteiger partial charge in [0.2, 0.25) is 11.8 Å². The summed E-state index contributed by atoms with van der Waals surface area (Å²) >= 11 is 3.48. The predicted molar refractivity (Wildman–Crippen MR) is 122 cm³/mol. The Labute approximate surface area is 182 Å². The molecule has 0 saturated carbocycles. The second-order valence-corrected chi connectivity index (χ2v) is 8.58. The van der Waals surface area contributed by atoms with Gasteiger partial charge in [0.15, 0.2) is 0 Å². The SMILES string of the molecule is CCc1ccc(CCC(=O)N(Cc2cccc(Br)c2)C(C)C(=O)NC(C)C)cc1. The molecule has 0 fully saturated rings. The molecule has 0 aromatic heterocycles. The van der Waals surface area contributed by atoms with Crippen LogP contribution in [0.5, 0.6) is 0 Å². The molecule has 4 nitrogen and oxygen atoms in total. The standard InChI is InChI=1S/C24H31BrN2O2/c1-5-19-9-11-20(12-10-19)13-14-23(28)27(18(4)24(29)26-17(2)3)16-21-7-6-8-22(25)15-21/h6-12,15,17-18H,5,13-14,16H2,1-4H3,(H,26,29). The number of hydrogen-bond donors (Lipinski definition) is 1. The van der Waals surface area contributed by atoms with Gasteiger partial charge in [0.1, 0.15) is 6.04 Å². The van der Waals surface area contributed by atoms with Crippen LogP contribution < -0.4 is 5.32 Å². The smallest absolute Gasteiger partial charge is 0.242 e. The van der Waals surface area contributed by atoms with Crippen LogP contribution in [0.25, 0.3) is 0 Å². The van der Waals surface area contributed by atoms with Gasteiger partial charge >= 0.3 is 0 Å². The first-order valence-corrected chi connectivity index (χ1v) is 11.0. The molecule has 5 heteroatoms. The number of nitrogens with zero attached hydrogens (tertiary/aromatic N) is 1. The van der Waals surface area contributed by atoms with Crippen molar-refractivity contribution in [1.82, 2.24) is 10.2 Å². The van der Waals surface area contributed by atoms with Gasteiger partial charge in [0.05, 0.1) is 0 Å². The van der Waals surface area contributed by atoms with Crippen molar-refractivity contribution >= 4 is 27.7 Å². The number of aryl methyl sites for hydroxylation is 2. The van der Waals surface area contributed by atoms with Crippen LogP contribution >= 0.6 is 15.9 Å². The van der Waals surface area contributed by atoms with E-state index in [1.165, 1.54) is 5.56 Å². The molecule has 1 N–H and O–H groups in total. The summed E-state index contributed by atoms with van der Waals surface area (Å²) in [5.41, 5.74) is 3.41. The second kappa shape index (κ2) is 11.1. The van der Waals surface area contributed by atoms with E-state index in [4.69, 9.17) is 0 Å². The molecule has 0 spiro atoms. The Bertz CT molecular complexity index is 818. The maximum absolute atomic E-state index is 13.1. The minimum Gasteiger partial charge on any atom is -0.352 e. The van der Waals surface area contributed by atoms with Gasteiger partial charge < -0.3 is 10.2 Å². The van der Waals surface area contributed by atoms with E-state index < -0.39 is 6.04 Å².